The topological polar surface area (TPSA) is 88.2 Å². The standard InChI is InChI=1S/C16H19N3O3/c1-11-18-19-15(22-11)12-4-6-13(7-5-12)17-14(20)10-16(21)8-2-3-9-16/h4-7,21H,2-3,8-10H2,1H3,(H,17,20). The van der Waals surface area contributed by atoms with Crippen molar-refractivity contribution in [3.05, 3.63) is 30.2 Å². The molecule has 1 fully saturated rings. The van der Waals surface area contributed by atoms with Crippen LogP contribution in [0, 0.1) is 6.92 Å². The first-order valence-corrected chi connectivity index (χ1v) is 7.47. The van der Waals surface area contributed by atoms with Crippen LogP contribution in [0.4, 0.5) is 5.69 Å². The molecule has 1 amide bonds. The van der Waals surface area contributed by atoms with Crippen LogP contribution in [0.1, 0.15) is 38.0 Å². The summed E-state index contributed by atoms with van der Waals surface area (Å²) >= 11 is 0. The van der Waals surface area contributed by atoms with Crippen molar-refractivity contribution in [3.63, 3.8) is 0 Å². The highest BCUT2D eigenvalue weighted by atomic mass is 16.4. The van der Waals surface area contributed by atoms with Gasteiger partial charge < -0.3 is 14.8 Å². The van der Waals surface area contributed by atoms with Crippen molar-refractivity contribution in [3.8, 4) is 11.5 Å². The molecule has 1 aliphatic carbocycles. The maximum absolute atomic E-state index is 12.0. The SMILES string of the molecule is Cc1nnc(-c2ccc(NC(=O)CC3(O)CCCC3)cc2)o1. The zero-order valence-corrected chi connectivity index (χ0v) is 12.5. The van der Waals surface area contributed by atoms with Crippen LogP contribution in [-0.4, -0.2) is 26.8 Å². The quantitative estimate of drug-likeness (QED) is 0.906. The summed E-state index contributed by atoms with van der Waals surface area (Å²) in [5.74, 6) is 0.804. The molecule has 3 rings (SSSR count). The maximum atomic E-state index is 12.0. The Morgan fingerprint density at radius 2 is 1.95 bits per heavy atom. The van der Waals surface area contributed by atoms with E-state index in [9.17, 15) is 9.90 Å². The molecule has 0 radical (unpaired) electrons. The van der Waals surface area contributed by atoms with Gasteiger partial charge in [-0.05, 0) is 37.1 Å². The second-order valence-electron chi connectivity index (χ2n) is 5.86. The number of carbonyl (C=O) groups excluding carboxylic acids is 1. The van der Waals surface area contributed by atoms with Gasteiger partial charge in [-0.3, -0.25) is 4.79 Å². The summed E-state index contributed by atoms with van der Waals surface area (Å²) in [5, 5.41) is 20.8. The Balaban J connectivity index is 1.62. The van der Waals surface area contributed by atoms with E-state index >= 15 is 0 Å². The first-order chi connectivity index (χ1) is 10.5. The van der Waals surface area contributed by atoms with Gasteiger partial charge in [-0.15, -0.1) is 10.2 Å². The van der Waals surface area contributed by atoms with Gasteiger partial charge in [0.05, 0.1) is 12.0 Å². The number of nitrogens with zero attached hydrogens (tertiary/aromatic N) is 2. The summed E-state index contributed by atoms with van der Waals surface area (Å²) < 4.78 is 5.35. The van der Waals surface area contributed by atoms with E-state index in [1.807, 2.05) is 12.1 Å². The number of rotatable bonds is 4. The minimum atomic E-state index is -0.828. The zero-order chi connectivity index (χ0) is 15.6. The summed E-state index contributed by atoms with van der Waals surface area (Å²) in [7, 11) is 0. The average molecular weight is 301 g/mol. The monoisotopic (exact) mass is 301 g/mol. The molecule has 1 aliphatic rings. The molecule has 0 spiro atoms. The average Bonchev–Trinajstić information content (AvgIpc) is 3.08. The summed E-state index contributed by atoms with van der Waals surface area (Å²) in [4.78, 5) is 12.0. The smallest absolute Gasteiger partial charge is 0.247 e. The fourth-order valence-electron chi connectivity index (χ4n) is 2.82. The van der Waals surface area contributed by atoms with E-state index in [4.69, 9.17) is 4.42 Å². The molecule has 0 atom stereocenters. The Bertz CT molecular complexity index is 658. The lowest BCUT2D eigenvalue weighted by Crippen LogP contribution is -2.30. The van der Waals surface area contributed by atoms with Crippen LogP contribution in [0.2, 0.25) is 0 Å². The fourth-order valence-corrected chi connectivity index (χ4v) is 2.82. The number of aromatic nitrogens is 2. The van der Waals surface area contributed by atoms with Crippen LogP contribution in [-0.2, 0) is 4.79 Å². The summed E-state index contributed by atoms with van der Waals surface area (Å²) in [6, 6.07) is 7.19. The van der Waals surface area contributed by atoms with Gasteiger partial charge in [-0.2, -0.15) is 0 Å². The Morgan fingerprint density at radius 1 is 1.27 bits per heavy atom. The number of hydrogen-bond donors (Lipinski definition) is 2. The maximum Gasteiger partial charge on any atom is 0.247 e. The Kier molecular flexibility index (Phi) is 3.94. The minimum Gasteiger partial charge on any atom is -0.421 e. The number of carbonyl (C=O) groups is 1. The summed E-state index contributed by atoms with van der Waals surface area (Å²) in [6.45, 7) is 1.73. The van der Waals surface area contributed by atoms with Gasteiger partial charge in [0.1, 0.15) is 0 Å². The van der Waals surface area contributed by atoms with E-state index in [1.165, 1.54) is 0 Å². The molecule has 2 N–H and O–H groups in total. The first kappa shape index (κ1) is 14.7. The molecule has 0 aliphatic heterocycles. The van der Waals surface area contributed by atoms with Gasteiger partial charge in [0.15, 0.2) is 0 Å². The fraction of sp³-hybridized carbons (Fsp3) is 0.438. The van der Waals surface area contributed by atoms with Gasteiger partial charge in [0.2, 0.25) is 17.7 Å². The molecule has 1 aromatic carbocycles. The number of aryl methyl sites for hydroxylation is 1. The molecule has 22 heavy (non-hydrogen) atoms. The van der Waals surface area contributed by atoms with E-state index < -0.39 is 5.60 Å². The lowest BCUT2D eigenvalue weighted by Gasteiger charge is -2.21. The summed E-state index contributed by atoms with van der Waals surface area (Å²) in [6.07, 6.45) is 3.54. The third-order valence-electron chi connectivity index (χ3n) is 3.97. The van der Waals surface area contributed by atoms with Crippen LogP contribution in [0.3, 0.4) is 0 Å². The van der Waals surface area contributed by atoms with Crippen molar-refractivity contribution in [2.45, 2.75) is 44.6 Å². The lowest BCUT2D eigenvalue weighted by molar-refractivity contribution is -0.120. The Hall–Kier alpha value is -2.21. The van der Waals surface area contributed by atoms with E-state index in [0.717, 1.165) is 18.4 Å². The molecule has 0 bridgehead atoms. The van der Waals surface area contributed by atoms with Gasteiger partial charge >= 0.3 is 0 Å². The van der Waals surface area contributed by atoms with Gasteiger partial charge in [-0.25, -0.2) is 0 Å². The lowest BCUT2D eigenvalue weighted by atomic mass is 9.97. The molecule has 1 heterocycles. The first-order valence-electron chi connectivity index (χ1n) is 7.47. The third kappa shape index (κ3) is 3.33. The van der Waals surface area contributed by atoms with E-state index in [1.54, 1.807) is 19.1 Å². The molecule has 2 aromatic rings. The molecule has 6 heteroatoms. The summed E-state index contributed by atoms with van der Waals surface area (Å²) in [5.41, 5.74) is 0.658. The van der Waals surface area contributed by atoms with E-state index in [0.29, 0.717) is 30.3 Å². The predicted octanol–water partition coefficient (Wildman–Crippen LogP) is 2.68. The van der Waals surface area contributed by atoms with Crippen LogP contribution in [0.5, 0.6) is 0 Å². The predicted molar refractivity (Wildman–Crippen MR) is 81.1 cm³/mol. The molecule has 6 nitrogen and oxygen atoms in total. The zero-order valence-electron chi connectivity index (χ0n) is 12.5. The molecular formula is C16H19N3O3. The Labute approximate surface area is 128 Å². The van der Waals surface area contributed by atoms with Crippen LogP contribution >= 0.6 is 0 Å². The van der Waals surface area contributed by atoms with Gasteiger partial charge in [0, 0.05) is 18.2 Å². The van der Waals surface area contributed by atoms with E-state index in [-0.39, 0.29) is 12.3 Å². The molecule has 1 aromatic heterocycles. The van der Waals surface area contributed by atoms with Gasteiger partial charge in [0.25, 0.3) is 0 Å². The number of nitrogens with one attached hydrogen (secondary N) is 1. The van der Waals surface area contributed by atoms with Crippen molar-refractivity contribution in [2.75, 3.05) is 5.32 Å². The Morgan fingerprint density at radius 3 is 2.55 bits per heavy atom. The highest BCUT2D eigenvalue weighted by Crippen LogP contribution is 2.32. The molecule has 0 saturated heterocycles. The number of anilines is 1. The van der Waals surface area contributed by atoms with Crippen molar-refractivity contribution in [1.29, 1.82) is 0 Å². The normalized spacial score (nSPS) is 16.6. The molecule has 1 saturated carbocycles. The van der Waals surface area contributed by atoms with Gasteiger partial charge in [-0.1, -0.05) is 12.8 Å². The molecule has 0 unspecified atom stereocenters. The second kappa shape index (κ2) is 5.88. The number of aliphatic hydroxyl groups is 1. The number of hydrogen-bond acceptors (Lipinski definition) is 5. The third-order valence-corrected chi connectivity index (χ3v) is 3.97. The molecular weight excluding hydrogens is 282 g/mol. The van der Waals surface area contributed by atoms with Crippen LogP contribution < -0.4 is 5.32 Å². The van der Waals surface area contributed by atoms with Crippen molar-refractivity contribution < 1.29 is 14.3 Å². The number of benzene rings is 1. The minimum absolute atomic E-state index is 0.150. The largest absolute Gasteiger partial charge is 0.421 e. The van der Waals surface area contributed by atoms with Crippen molar-refractivity contribution in [1.82, 2.24) is 10.2 Å². The van der Waals surface area contributed by atoms with E-state index in [2.05, 4.69) is 15.5 Å². The number of amides is 1. The second-order valence-corrected chi connectivity index (χ2v) is 5.86. The van der Waals surface area contributed by atoms with Crippen LogP contribution in [0.15, 0.2) is 28.7 Å². The highest BCUT2D eigenvalue weighted by molar-refractivity contribution is 5.91. The van der Waals surface area contributed by atoms with Crippen molar-refractivity contribution in [2.24, 2.45) is 0 Å². The highest BCUT2D eigenvalue weighted by Gasteiger charge is 2.33. The van der Waals surface area contributed by atoms with Crippen LogP contribution in [0.25, 0.3) is 11.5 Å². The molecule has 116 valence electrons. The van der Waals surface area contributed by atoms with Crippen molar-refractivity contribution >= 4 is 11.6 Å².